The lowest BCUT2D eigenvalue weighted by molar-refractivity contribution is 0.155. The van der Waals surface area contributed by atoms with Crippen LogP contribution in [0, 0.1) is 0 Å². The monoisotopic (exact) mass is 226 g/mol. The Morgan fingerprint density at radius 3 is 2.88 bits per heavy atom. The van der Waals surface area contributed by atoms with Crippen LogP contribution in [0.5, 0.6) is 0 Å². The summed E-state index contributed by atoms with van der Waals surface area (Å²) in [5.74, 6) is 0. The van der Waals surface area contributed by atoms with E-state index in [1.54, 1.807) is 6.20 Å². The van der Waals surface area contributed by atoms with Gasteiger partial charge in [-0.1, -0.05) is 0 Å². The average Bonchev–Trinajstić information content (AvgIpc) is 2.30. The molecule has 1 unspecified atom stereocenters. The molecule has 0 fully saturated rings. The standard InChI is InChI=1S/C10H18N4O2/c1-3-13(2)8-4-10(16)14(12-6-8)7-9(15)5-11/h4,6,9,15H,3,5,7,11H2,1-2H3. The van der Waals surface area contributed by atoms with Crippen LogP contribution in [0.3, 0.4) is 0 Å². The second kappa shape index (κ2) is 5.62. The molecule has 0 bridgehead atoms. The van der Waals surface area contributed by atoms with Crippen molar-refractivity contribution in [2.45, 2.75) is 19.6 Å². The summed E-state index contributed by atoms with van der Waals surface area (Å²) in [6, 6.07) is 1.50. The number of aromatic nitrogens is 2. The number of hydrogen-bond acceptors (Lipinski definition) is 5. The maximum Gasteiger partial charge on any atom is 0.268 e. The highest BCUT2D eigenvalue weighted by Gasteiger charge is 2.07. The van der Waals surface area contributed by atoms with Gasteiger partial charge >= 0.3 is 0 Å². The van der Waals surface area contributed by atoms with E-state index in [9.17, 15) is 9.90 Å². The fourth-order valence-electron chi connectivity index (χ4n) is 1.23. The molecule has 0 saturated heterocycles. The van der Waals surface area contributed by atoms with Gasteiger partial charge in [-0.3, -0.25) is 4.79 Å². The Balaban J connectivity index is 2.87. The molecule has 0 spiro atoms. The third kappa shape index (κ3) is 3.04. The summed E-state index contributed by atoms with van der Waals surface area (Å²) in [7, 11) is 1.88. The molecule has 0 amide bonds. The van der Waals surface area contributed by atoms with E-state index >= 15 is 0 Å². The summed E-state index contributed by atoms with van der Waals surface area (Å²) in [4.78, 5) is 13.5. The van der Waals surface area contributed by atoms with Gasteiger partial charge in [-0.05, 0) is 6.92 Å². The van der Waals surface area contributed by atoms with Gasteiger partial charge in [-0.25, -0.2) is 4.68 Å². The Labute approximate surface area is 94.3 Å². The molecule has 0 aliphatic rings. The van der Waals surface area contributed by atoms with E-state index in [4.69, 9.17) is 5.73 Å². The maximum absolute atomic E-state index is 11.6. The Bertz CT molecular complexity index is 391. The first-order chi connectivity index (χ1) is 7.58. The van der Waals surface area contributed by atoms with Crippen LogP contribution >= 0.6 is 0 Å². The number of anilines is 1. The number of nitrogens with two attached hydrogens (primary N) is 1. The Morgan fingerprint density at radius 2 is 2.38 bits per heavy atom. The van der Waals surface area contributed by atoms with Crippen molar-refractivity contribution in [2.75, 3.05) is 25.0 Å². The second-order valence-corrected chi connectivity index (χ2v) is 3.64. The van der Waals surface area contributed by atoms with Crippen molar-refractivity contribution >= 4 is 5.69 Å². The van der Waals surface area contributed by atoms with E-state index in [1.807, 2.05) is 18.9 Å². The molecule has 90 valence electrons. The molecule has 0 saturated carbocycles. The molecule has 1 heterocycles. The van der Waals surface area contributed by atoms with Gasteiger partial charge in [0.05, 0.1) is 24.5 Å². The second-order valence-electron chi connectivity index (χ2n) is 3.64. The largest absolute Gasteiger partial charge is 0.390 e. The number of rotatable bonds is 5. The van der Waals surface area contributed by atoms with Crippen molar-refractivity contribution in [1.29, 1.82) is 0 Å². The molecule has 3 N–H and O–H groups in total. The molecule has 1 rings (SSSR count). The average molecular weight is 226 g/mol. The van der Waals surface area contributed by atoms with E-state index in [-0.39, 0.29) is 18.6 Å². The van der Waals surface area contributed by atoms with E-state index in [0.717, 1.165) is 12.2 Å². The van der Waals surface area contributed by atoms with Gasteiger partial charge in [-0.15, -0.1) is 0 Å². The van der Waals surface area contributed by atoms with Crippen LogP contribution in [0.25, 0.3) is 0 Å². The minimum absolute atomic E-state index is 0.116. The molecule has 6 nitrogen and oxygen atoms in total. The topological polar surface area (TPSA) is 84.4 Å². The van der Waals surface area contributed by atoms with Gasteiger partial charge in [0, 0.05) is 26.2 Å². The molecule has 0 aliphatic carbocycles. The van der Waals surface area contributed by atoms with E-state index in [2.05, 4.69) is 5.10 Å². The predicted octanol–water partition coefficient (Wildman–Crippen LogP) is -0.981. The van der Waals surface area contributed by atoms with Crippen molar-refractivity contribution in [1.82, 2.24) is 9.78 Å². The van der Waals surface area contributed by atoms with Crippen molar-refractivity contribution in [3.63, 3.8) is 0 Å². The van der Waals surface area contributed by atoms with Crippen LogP contribution in [0.1, 0.15) is 6.92 Å². The summed E-state index contributed by atoms with van der Waals surface area (Å²) < 4.78 is 1.21. The molecule has 1 aromatic heterocycles. The van der Waals surface area contributed by atoms with Gasteiger partial charge in [0.25, 0.3) is 5.56 Å². The molecule has 0 aliphatic heterocycles. The number of aliphatic hydroxyl groups excluding tert-OH is 1. The lowest BCUT2D eigenvalue weighted by atomic mass is 10.3. The normalized spacial score (nSPS) is 12.5. The van der Waals surface area contributed by atoms with Crippen molar-refractivity contribution in [3.05, 3.63) is 22.6 Å². The van der Waals surface area contributed by atoms with E-state index in [1.165, 1.54) is 10.7 Å². The Morgan fingerprint density at radius 1 is 1.69 bits per heavy atom. The zero-order valence-corrected chi connectivity index (χ0v) is 9.63. The van der Waals surface area contributed by atoms with Crippen molar-refractivity contribution < 1.29 is 5.11 Å². The summed E-state index contributed by atoms with van der Waals surface area (Å²) in [6.45, 7) is 3.04. The lowest BCUT2D eigenvalue weighted by Crippen LogP contribution is -2.33. The molecule has 6 heteroatoms. The van der Waals surface area contributed by atoms with Gasteiger partial charge in [0.2, 0.25) is 0 Å². The van der Waals surface area contributed by atoms with Crippen molar-refractivity contribution in [3.8, 4) is 0 Å². The first-order valence-corrected chi connectivity index (χ1v) is 5.25. The molecule has 16 heavy (non-hydrogen) atoms. The van der Waals surface area contributed by atoms with Crippen LogP contribution in [0.15, 0.2) is 17.1 Å². The third-order valence-corrected chi connectivity index (χ3v) is 2.43. The van der Waals surface area contributed by atoms with Gasteiger partial charge < -0.3 is 15.7 Å². The van der Waals surface area contributed by atoms with Crippen LogP contribution < -0.4 is 16.2 Å². The van der Waals surface area contributed by atoms with E-state index < -0.39 is 6.10 Å². The molecule has 1 atom stereocenters. The number of aliphatic hydroxyl groups is 1. The molecule has 0 aromatic carbocycles. The number of hydrogen-bond donors (Lipinski definition) is 2. The Kier molecular flexibility index (Phi) is 4.45. The highest BCUT2D eigenvalue weighted by atomic mass is 16.3. The quantitative estimate of drug-likeness (QED) is 0.674. The minimum atomic E-state index is -0.736. The van der Waals surface area contributed by atoms with Gasteiger partial charge in [-0.2, -0.15) is 5.10 Å². The first-order valence-electron chi connectivity index (χ1n) is 5.25. The summed E-state index contributed by atoms with van der Waals surface area (Å²) in [5, 5.41) is 13.3. The van der Waals surface area contributed by atoms with Crippen LogP contribution in [0.4, 0.5) is 5.69 Å². The maximum atomic E-state index is 11.6. The molecule has 1 aromatic rings. The third-order valence-electron chi connectivity index (χ3n) is 2.43. The summed E-state index contributed by atoms with van der Waals surface area (Å²) >= 11 is 0. The summed E-state index contributed by atoms with van der Waals surface area (Å²) in [5.41, 5.74) is 5.81. The smallest absolute Gasteiger partial charge is 0.268 e. The van der Waals surface area contributed by atoms with Crippen LogP contribution in [-0.2, 0) is 6.54 Å². The van der Waals surface area contributed by atoms with Crippen LogP contribution in [0.2, 0.25) is 0 Å². The predicted molar refractivity (Wildman–Crippen MR) is 62.5 cm³/mol. The highest BCUT2D eigenvalue weighted by Crippen LogP contribution is 2.05. The highest BCUT2D eigenvalue weighted by molar-refractivity contribution is 5.41. The number of nitrogens with zero attached hydrogens (tertiary/aromatic N) is 3. The molecular weight excluding hydrogens is 208 g/mol. The SMILES string of the molecule is CCN(C)c1cnn(CC(O)CN)c(=O)c1. The Hall–Kier alpha value is -1.40. The minimum Gasteiger partial charge on any atom is -0.390 e. The lowest BCUT2D eigenvalue weighted by Gasteiger charge is -2.16. The van der Waals surface area contributed by atoms with E-state index in [0.29, 0.717) is 0 Å². The van der Waals surface area contributed by atoms with Gasteiger partial charge in [0.15, 0.2) is 0 Å². The van der Waals surface area contributed by atoms with Crippen molar-refractivity contribution in [2.24, 2.45) is 5.73 Å². The van der Waals surface area contributed by atoms with Crippen LogP contribution in [-0.4, -0.2) is 41.1 Å². The zero-order valence-electron chi connectivity index (χ0n) is 9.63. The molecule has 0 radical (unpaired) electrons. The zero-order chi connectivity index (χ0) is 12.1. The fourth-order valence-corrected chi connectivity index (χ4v) is 1.23. The first kappa shape index (κ1) is 12.7. The molecular formula is C10H18N4O2. The summed E-state index contributed by atoms with van der Waals surface area (Å²) in [6.07, 6.45) is 0.869. The van der Waals surface area contributed by atoms with Gasteiger partial charge in [0.1, 0.15) is 0 Å². The fraction of sp³-hybridized carbons (Fsp3) is 0.600.